The Kier molecular flexibility index (Phi) is 2.54. The van der Waals surface area contributed by atoms with Crippen LogP contribution in [0.2, 0.25) is 0 Å². The maximum absolute atomic E-state index is 4.23. The standard InChI is InChI=1S/C16H12S/c1-12(16-10-5-11-17-16)14-9-4-7-13-6-2-3-8-15(13)14/h2-11H,1H2. The molecule has 3 rings (SSSR count). The smallest absolute Gasteiger partial charge is 0.0342 e. The van der Waals surface area contributed by atoms with Crippen molar-refractivity contribution >= 4 is 27.7 Å². The maximum Gasteiger partial charge on any atom is 0.0342 e. The maximum atomic E-state index is 4.23. The zero-order valence-corrected chi connectivity index (χ0v) is 10.2. The average Bonchev–Trinajstić information content (AvgIpc) is 2.91. The van der Waals surface area contributed by atoms with Crippen LogP contribution in [0.25, 0.3) is 16.3 Å². The molecular weight excluding hydrogens is 224 g/mol. The molecule has 0 spiro atoms. The first-order valence-electron chi connectivity index (χ1n) is 5.57. The molecule has 0 aliphatic rings. The summed E-state index contributed by atoms with van der Waals surface area (Å²) >= 11 is 1.73. The molecule has 0 aliphatic heterocycles. The van der Waals surface area contributed by atoms with Crippen LogP contribution in [0.5, 0.6) is 0 Å². The molecule has 1 aromatic heterocycles. The molecule has 0 radical (unpaired) electrons. The minimum absolute atomic E-state index is 1.11. The van der Waals surface area contributed by atoms with E-state index in [1.54, 1.807) is 11.3 Å². The summed E-state index contributed by atoms with van der Waals surface area (Å²) < 4.78 is 0. The molecule has 0 atom stereocenters. The van der Waals surface area contributed by atoms with E-state index in [0.29, 0.717) is 0 Å². The summed E-state index contributed by atoms with van der Waals surface area (Å²) in [4.78, 5) is 1.24. The average molecular weight is 236 g/mol. The van der Waals surface area contributed by atoms with E-state index in [2.05, 4.69) is 66.6 Å². The predicted octanol–water partition coefficient (Wildman–Crippen LogP) is 4.96. The molecule has 2 aromatic carbocycles. The van der Waals surface area contributed by atoms with Gasteiger partial charge < -0.3 is 0 Å². The van der Waals surface area contributed by atoms with Crippen molar-refractivity contribution in [2.24, 2.45) is 0 Å². The highest BCUT2D eigenvalue weighted by Gasteiger charge is 2.06. The minimum atomic E-state index is 1.11. The second kappa shape index (κ2) is 4.19. The first-order valence-corrected chi connectivity index (χ1v) is 6.45. The van der Waals surface area contributed by atoms with Crippen LogP contribution >= 0.6 is 11.3 Å². The number of rotatable bonds is 2. The molecule has 0 fully saturated rings. The summed E-state index contributed by atoms with van der Waals surface area (Å²) in [5.41, 5.74) is 2.34. The van der Waals surface area contributed by atoms with Crippen molar-refractivity contribution in [3.8, 4) is 0 Å². The zero-order chi connectivity index (χ0) is 11.7. The van der Waals surface area contributed by atoms with Crippen LogP contribution in [0.4, 0.5) is 0 Å². The van der Waals surface area contributed by atoms with Gasteiger partial charge in [0.2, 0.25) is 0 Å². The van der Waals surface area contributed by atoms with Crippen LogP contribution in [0, 0.1) is 0 Å². The molecule has 0 amide bonds. The summed E-state index contributed by atoms with van der Waals surface area (Å²) in [7, 11) is 0. The number of hydrogen-bond donors (Lipinski definition) is 0. The van der Waals surface area contributed by atoms with Gasteiger partial charge in [-0.2, -0.15) is 0 Å². The summed E-state index contributed by atoms with van der Waals surface area (Å²) in [6.07, 6.45) is 0. The highest BCUT2D eigenvalue weighted by Crippen LogP contribution is 2.30. The van der Waals surface area contributed by atoms with E-state index < -0.39 is 0 Å². The third-order valence-corrected chi connectivity index (χ3v) is 3.86. The predicted molar refractivity (Wildman–Crippen MR) is 76.4 cm³/mol. The second-order valence-electron chi connectivity index (χ2n) is 3.98. The highest BCUT2D eigenvalue weighted by atomic mass is 32.1. The Balaban J connectivity index is 2.21. The van der Waals surface area contributed by atoms with Gasteiger partial charge in [0, 0.05) is 4.88 Å². The Morgan fingerprint density at radius 2 is 1.71 bits per heavy atom. The van der Waals surface area contributed by atoms with Crippen molar-refractivity contribution < 1.29 is 0 Å². The molecule has 82 valence electrons. The first kappa shape index (κ1) is 10.3. The van der Waals surface area contributed by atoms with E-state index in [9.17, 15) is 0 Å². The van der Waals surface area contributed by atoms with Gasteiger partial charge in [-0.25, -0.2) is 0 Å². The molecule has 17 heavy (non-hydrogen) atoms. The summed E-state index contributed by atoms with van der Waals surface area (Å²) in [5, 5.41) is 4.63. The van der Waals surface area contributed by atoms with E-state index in [0.717, 1.165) is 5.57 Å². The molecule has 0 saturated carbocycles. The normalized spacial score (nSPS) is 10.6. The fourth-order valence-electron chi connectivity index (χ4n) is 2.07. The fourth-order valence-corrected chi connectivity index (χ4v) is 2.78. The molecule has 3 aromatic rings. The van der Waals surface area contributed by atoms with Crippen molar-refractivity contribution in [3.63, 3.8) is 0 Å². The summed E-state index contributed by atoms with van der Waals surface area (Å²) in [5.74, 6) is 0. The first-order chi connectivity index (χ1) is 8.36. The van der Waals surface area contributed by atoms with Crippen molar-refractivity contribution in [2.75, 3.05) is 0 Å². The van der Waals surface area contributed by atoms with Crippen LogP contribution in [0.1, 0.15) is 10.4 Å². The van der Waals surface area contributed by atoms with Gasteiger partial charge in [0.15, 0.2) is 0 Å². The van der Waals surface area contributed by atoms with Gasteiger partial charge in [0.25, 0.3) is 0 Å². The summed E-state index contributed by atoms with van der Waals surface area (Å²) in [6, 6.07) is 19.0. The van der Waals surface area contributed by atoms with Gasteiger partial charge in [-0.1, -0.05) is 55.1 Å². The number of fused-ring (bicyclic) bond motifs is 1. The van der Waals surface area contributed by atoms with Gasteiger partial charge in [-0.15, -0.1) is 11.3 Å². The van der Waals surface area contributed by atoms with Crippen molar-refractivity contribution in [2.45, 2.75) is 0 Å². The number of benzene rings is 2. The molecule has 0 saturated heterocycles. The lowest BCUT2D eigenvalue weighted by Gasteiger charge is -2.07. The van der Waals surface area contributed by atoms with Crippen LogP contribution in [0.3, 0.4) is 0 Å². The van der Waals surface area contributed by atoms with Crippen molar-refractivity contribution in [1.29, 1.82) is 0 Å². The largest absolute Gasteiger partial charge is 0.144 e. The lowest BCUT2D eigenvalue weighted by Crippen LogP contribution is -1.85. The third-order valence-electron chi connectivity index (χ3n) is 2.93. The van der Waals surface area contributed by atoms with Gasteiger partial charge in [-0.05, 0) is 33.4 Å². The number of thiophene rings is 1. The molecule has 0 bridgehead atoms. The molecule has 0 nitrogen and oxygen atoms in total. The van der Waals surface area contributed by atoms with Crippen LogP contribution in [0.15, 0.2) is 66.6 Å². The summed E-state index contributed by atoms with van der Waals surface area (Å²) in [6.45, 7) is 4.23. The van der Waals surface area contributed by atoms with E-state index in [4.69, 9.17) is 0 Å². The Labute approximate surface area is 105 Å². The topological polar surface area (TPSA) is 0 Å². The van der Waals surface area contributed by atoms with E-state index >= 15 is 0 Å². The van der Waals surface area contributed by atoms with Crippen LogP contribution < -0.4 is 0 Å². The van der Waals surface area contributed by atoms with E-state index in [1.807, 2.05) is 0 Å². The lowest BCUT2D eigenvalue weighted by atomic mass is 9.98. The molecule has 1 heteroatoms. The van der Waals surface area contributed by atoms with E-state index in [-0.39, 0.29) is 0 Å². The van der Waals surface area contributed by atoms with Crippen LogP contribution in [-0.4, -0.2) is 0 Å². The van der Waals surface area contributed by atoms with Crippen LogP contribution in [-0.2, 0) is 0 Å². The quantitative estimate of drug-likeness (QED) is 0.589. The van der Waals surface area contributed by atoms with Gasteiger partial charge >= 0.3 is 0 Å². The molecule has 1 heterocycles. The molecule has 0 unspecified atom stereocenters. The SMILES string of the molecule is C=C(c1cccs1)c1cccc2ccccc12. The van der Waals surface area contributed by atoms with E-state index in [1.165, 1.54) is 21.2 Å². The van der Waals surface area contributed by atoms with Gasteiger partial charge in [0.1, 0.15) is 0 Å². The number of hydrogen-bond acceptors (Lipinski definition) is 1. The Morgan fingerprint density at radius 3 is 2.53 bits per heavy atom. The van der Waals surface area contributed by atoms with Crippen molar-refractivity contribution in [1.82, 2.24) is 0 Å². The third kappa shape index (κ3) is 1.79. The zero-order valence-electron chi connectivity index (χ0n) is 9.39. The van der Waals surface area contributed by atoms with Gasteiger partial charge in [-0.3, -0.25) is 0 Å². The second-order valence-corrected chi connectivity index (χ2v) is 4.93. The fraction of sp³-hybridized carbons (Fsp3) is 0. The monoisotopic (exact) mass is 236 g/mol. The molecule has 0 aliphatic carbocycles. The van der Waals surface area contributed by atoms with Gasteiger partial charge in [0.05, 0.1) is 0 Å². The molecular formula is C16H12S. The Hall–Kier alpha value is -1.86. The Bertz CT molecular complexity index is 658. The molecule has 0 N–H and O–H groups in total. The van der Waals surface area contributed by atoms with Crippen molar-refractivity contribution in [3.05, 3.63) is 77.0 Å². The Morgan fingerprint density at radius 1 is 0.882 bits per heavy atom. The highest BCUT2D eigenvalue weighted by molar-refractivity contribution is 7.11. The lowest BCUT2D eigenvalue weighted by molar-refractivity contribution is 1.67. The minimum Gasteiger partial charge on any atom is -0.144 e.